The van der Waals surface area contributed by atoms with Gasteiger partial charge in [-0.3, -0.25) is 14.5 Å². The van der Waals surface area contributed by atoms with Gasteiger partial charge in [-0.15, -0.1) is 13.2 Å². The van der Waals surface area contributed by atoms with Crippen LogP contribution < -0.4 is 5.32 Å². The van der Waals surface area contributed by atoms with Crippen molar-refractivity contribution in [3.63, 3.8) is 0 Å². The molecule has 0 radical (unpaired) electrons. The zero-order valence-electron chi connectivity index (χ0n) is 9.48. The molecule has 0 saturated heterocycles. The minimum Gasteiger partial charge on any atom is -0.480 e. The highest BCUT2D eigenvalue weighted by molar-refractivity contribution is 5.84. The molecule has 0 rings (SSSR count). The van der Waals surface area contributed by atoms with Crippen LogP contribution in [-0.4, -0.2) is 47.6 Å². The summed E-state index contributed by atoms with van der Waals surface area (Å²) in [6.45, 7) is 9.82. The van der Waals surface area contributed by atoms with Gasteiger partial charge in [0, 0.05) is 13.1 Å². The molecule has 16 heavy (non-hydrogen) atoms. The molecule has 1 unspecified atom stereocenters. The molecule has 0 aromatic rings. The van der Waals surface area contributed by atoms with Gasteiger partial charge in [0.25, 0.3) is 0 Å². The van der Waals surface area contributed by atoms with Crippen LogP contribution in [0.1, 0.15) is 6.92 Å². The number of rotatable bonds is 8. The van der Waals surface area contributed by atoms with Crippen molar-refractivity contribution in [1.82, 2.24) is 10.2 Å². The van der Waals surface area contributed by atoms with Gasteiger partial charge in [-0.2, -0.15) is 0 Å². The van der Waals surface area contributed by atoms with Crippen LogP contribution in [0.4, 0.5) is 0 Å². The number of carboxylic acids is 1. The van der Waals surface area contributed by atoms with Crippen LogP contribution in [0.25, 0.3) is 0 Å². The van der Waals surface area contributed by atoms with E-state index in [0.717, 1.165) is 0 Å². The molecule has 5 heteroatoms. The fourth-order valence-corrected chi connectivity index (χ4v) is 1.12. The molecule has 0 aliphatic carbocycles. The van der Waals surface area contributed by atoms with Crippen LogP contribution in [0.5, 0.6) is 0 Å². The molecule has 90 valence electrons. The predicted octanol–water partition coefficient (Wildman–Crippen LogP) is 0.250. The largest absolute Gasteiger partial charge is 0.480 e. The minimum atomic E-state index is -1.05. The Labute approximate surface area is 95.4 Å². The summed E-state index contributed by atoms with van der Waals surface area (Å²) >= 11 is 0. The molecular weight excluding hydrogens is 208 g/mol. The lowest BCUT2D eigenvalue weighted by atomic mass is 10.3. The van der Waals surface area contributed by atoms with E-state index in [1.165, 1.54) is 6.92 Å². The number of aliphatic carboxylic acids is 1. The fraction of sp³-hybridized carbons (Fsp3) is 0.455. The Bertz CT molecular complexity index is 266. The van der Waals surface area contributed by atoms with Crippen molar-refractivity contribution in [2.24, 2.45) is 0 Å². The van der Waals surface area contributed by atoms with Gasteiger partial charge < -0.3 is 10.4 Å². The van der Waals surface area contributed by atoms with Gasteiger partial charge in [0.05, 0.1) is 6.54 Å². The van der Waals surface area contributed by atoms with E-state index in [-0.39, 0.29) is 12.5 Å². The second-order valence-corrected chi connectivity index (χ2v) is 3.40. The molecule has 0 aliphatic rings. The average Bonchev–Trinajstić information content (AvgIpc) is 2.17. The lowest BCUT2D eigenvalue weighted by Gasteiger charge is -2.18. The van der Waals surface area contributed by atoms with Gasteiger partial charge in [0.15, 0.2) is 0 Å². The van der Waals surface area contributed by atoms with E-state index in [9.17, 15) is 9.59 Å². The minimum absolute atomic E-state index is 0.135. The van der Waals surface area contributed by atoms with Crippen molar-refractivity contribution in [2.75, 3.05) is 19.6 Å². The van der Waals surface area contributed by atoms with E-state index in [0.29, 0.717) is 13.1 Å². The number of nitrogens with one attached hydrogen (secondary N) is 1. The second kappa shape index (κ2) is 7.64. The van der Waals surface area contributed by atoms with Crippen LogP contribution in [0.2, 0.25) is 0 Å². The van der Waals surface area contributed by atoms with Crippen LogP contribution in [0.3, 0.4) is 0 Å². The third-order valence-electron chi connectivity index (χ3n) is 1.89. The molecule has 1 amide bonds. The smallest absolute Gasteiger partial charge is 0.325 e. The van der Waals surface area contributed by atoms with Gasteiger partial charge in [0.2, 0.25) is 5.91 Å². The average molecular weight is 226 g/mol. The Hall–Kier alpha value is -1.62. The standard InChI is InChI=1S/C11H18N2O3/c1-4-6-13(7-5-2)8-10(14)12-9(3)11(15)16/h4-5,9H,1-2,6-8H2,3H3,(H,12,14)(H,15,16). The monoisotopic (exact) mass is 226 g/mol. The SMILES string of the molecule is C=CCN(CC=C)CC(=O)NC(C)C(=O)O. The van der Waals surface area contributed by atoms with Crippen molar-refractivity contribution < 1.29 is 14.7 Å². The molecule has 0 aromatic carbocycles. The first kappa shape index (κ1) is 14.4. The van der Waals surface area contributed by atoms with E-state index < -0.39 is 12.0 Å². The Morgan fingerprint density at radius 3 is 2.25 bits per heavy atom. The molecule has 5 nitrogen and oxygen atoms in total. The summed E-state index contributed by atoms with van der Waals surface area (Å²) in [5.41, 5.74) is 0. The molecule has 0 aliphatic heterocycles. The lowest BCUT2D eigenvalue weighted by molar-refractivity contribution is -0.141. The topological polar surface area (TPSA) is 69.6 Å². The number of carbonyl (C=O) groups is 2. The van der Waals surface area contributed by atoms with Crippen LogP contribution in [-0.2, 0) is 9.59 Å². The van der Waals surface area contributed by atoms with Crippen molar-refractivity contribution in [1.29, 1.82) is 0 Å². The van der Waals surface area contributed by atoms with Crippen molar-refractivity contribution in [2.45, 2.75) is 13.0 Å². The molecule has 0 spiro atoms. The highest BCUT2D eigenvalue weighted by Gasteiger charge is 2.15. The number of hydrogen-bond donors (Lipinski definition) is 2. The first-order valence-electron chi connectivity index (χ1n) is 4.97. The number of carboxylic acid groups (broad SMARTS) is 1. The van der Waals surface area contributed by atoms with E-state index >= 15 is 0 Å². The van der Waals surface area contributed by atoms with E-state index in [1.807, 2.05) is 0 Å². The Balaban J connectivity index is 4.12. The van der Waals surface area contributed by atoms with Crippen LogP contribution in [0.15, 0.2) is 25.3 Å². The summed E-state index contributed by atoms with van der Waals surface area (Å²) in [6.07, 6.45) is 3.36. The second-order valence-electron chi connectivity index (χ2n) is 3.40. The molecule has 1 atom stereocenters. The number of amides is 1. The molecule has 0 saturated carbocycles. The molecular formula is C11H18N2O3. The third-order valence-corrected chi connectivity index (χ3v) is 1.89. The predicted molar refractivity (Wildman–Crippen MR) is 62.1 cm³/mol. The summed E-state index contributed by atoms with van der Waals surface area (Å²) in [5.74, 6) is -1.37. The fourth-order valence-electron chi connectivity index (χ4n) is 1.12. The van der Waals surface area contributed by atoms with E-state index in [4.69, 9.17) is 5.11 Å². The maximum atomic E-state index is 11.4. The molecule has 0 heterocycles. The highest BCUT2D eigenvalue weighted by atomic mass is 16.4. The molecule has 2 N–H and O–H groups in total. The summed E-state index contributed by atoms with van der Waals surface area (Å²) in [7, 11) is 0. The van der Waals surface area contributed by atoms with E-state index in [1.54, 1.807) is 17.1 Å². The lowest BCUT2D eigenvalue weighted by Crippen LogP contribution is -2.44. The van der Waals surface area contributed by atoms with Gasteiger partial charge in [-0.1, -0.05) is 12.2 Å². The number of hydrogen-bond acceptors (Lipinski definition) is 3. The summed E-state index contributed by atoms with van der Waals surface area (Å²) in [4.78, 5) is 23.7. The van der Waals surface area contributed by atoms with Crippen molar-refractivity contribution in [3.8, 4) is 0 Å². The number of nitrogens with zero attached hydrogens (tertiary/aromatic N) is 1. The quantitative estimate of drug-likeness (QED) is 0.582. The maximum Gasteiger partial charge on any atom is 0.325 e. The third kappa shape index (κ3) is 5.98. The molecule has 0 fully saturated rings. The number of carbonyl (C=O) groups excluding carboxylic acids is 1. The van der Waals surface area contributed by atoms with E-state index in [2.05, 4.69) is 18.5 Å². The summed E-state index contributed by atoms with van der Waals surface area (Å²) in [5, 5.41) is 11.0. The first-order valence-corrected chi connectivity index (χ1v) is 4.97. The molecule has 0 bridgehead atoms. The zero-order valence-corrected chi connectivity index (χ0v) is 9.48. The Morgan fingerprint density at radius 1 is 1.38 bits per heavy atom. The Morgan fingerprint density at radius 2 is 1.88 bits per heavy atom. The maximum absolute atomic E-state index is 11.4. The first-order chi connectivity index (χ1) is 7.51. The molecule has 0 aromatic heterocycles. The normalized spacial score (nSPS) is 11.9. The van der Waals surface area contributed by atoms with Gasteiger partial charge >= 0.3 is 5.97 Å². The van der Waals surface area contributed by atoms with Crippen LogP contribution in [0, 0.1) is 0 Å². The van der Waals surface area contributed by atoms with Crippen LogP contribution >= 0.6 is 0 Å². The van der Waals surface area contributed by atoms with Crippen molar-refractivity contribution >= 4 is 11.9 Å². The zero-order chi connectivity index (χ0) is 12.6. The van der Waals surface area contributed by atoms with Crippen molar-refractivity contribution in [3.05, 3.63) is 25.3 Å². The summed E-state index contributed by atoms with van der Waals surface area (Å²) < 4.78 is 0. The van der Waals surface area contributed by atoms with Gasteiger partial charge in [-0.05, 0) is 6.92 Å². The van der Waals surface area contributed by atoms with Gasteiger partial charge in [0.1, 0.15) is 6.04 Å². The highest BCUT2D eigenvalue weighted by Crippen LogP contribution is 1.90. The summed E-state index contributed by atoms with van der Waals surface area (Å²) in [6, 6.07) is -0.873. The Kier molecular flexibility index (Phi) is 6.87. The van der Waals surface area contributed by atoms with Gasteiger partial charge in [-0.25, -0.2) is 0 Å².